The van der Waals surface area contributed by atoms with Gasteiger partial charge in [0, 0.05) is 5.69 Å². The highest BCUT2D eigenvalue weighted by molar-refractivity contribution is 8.27. The van der Waals surface area contributed by atoms with Crippen molar-refractivity contribution in [2.24, 2.45) is 0 Å². The van der Waals surface area contributed by atoms with Crippen LogP contribution in [0.15, 0.2) is 77.7 Å². The summed E-state index contributed by atoms with van der Waals surface area (Å²) < 4.78 is 11.2. The molecule has 3 aromatic carbocycles. The first kappa shape index (κ1) is 23.5. The third-order valence-electron chi connectivity index (χ3n) is 5.01. The van der Waals surface area contributed by atoms with E-state index in [4.69, 9.17) is 21.7 Å². The lowest BCUT2D eigenvalue weighted by atomic mass is 10.2. The van der Waals surface area contributed by atoms with E-state index in [1.54, 1.807) is 49.6 Å². The highest BCUT2D eigenvalue weighted by Gasteiger charge is 2.33. The van der Waals surface area contributed by atoms with Gasteiger partial charge < -0.3 is 14.8 Å². The Morgan fingerprint density at radius 3 is 2.29 bits per heavy atom. The van der Waals surface area contributed by atoms with Gasteiger partial charge in [-0.1, -0.05) is 53.8 Å². The molecule has 0 aromatic heterocycles. The number of hydrogen-bond donors (Lipinski definition) is 1. The number of aryl methyl sites for hydroxylation is 1. The lowest BCUT2D eigenvalue weighted by molar-refractivity contribution is -0.118. The molecule has 0 atom stereocenters. The molecule has 0 unspecified atom stereocenters. The van der Waals surface area contributed by atoms with E-state index in [9.17, 15) is 9.59 Å². The molecule has 6 nitrogen and oxygen atoms in total. The number of carbonyl (C=O) groups excluding carboxylic acids is 2. The van der Waals surface area contributed by atoms with E-state index in [0.29, 0.717) is 26.4 Å². The predicted molar refractivity (Wildman–Crippen MR) is 140 cm³/mol. The van der Waals surface area contributed by atoms with Gasteiger partial charge in [0.1, 0.15) is 11.5 Å². The Bertz CT molecular complexity index is 1240. The van der Waals surface area contributed by atoms with E-state index in [0.717, 1.165) is 16.8 Å². The van der Waals surface area contributed by atoms with Gasteiger partial charge in [0.05, 0.1) is 17.7 Å². The maximum Gasteiger partial charge on any atom is 0.270 e. The Morgan fingerprint density at radius 2 is 1.65 bits per heavy atom. The summed E-state index contributed by atoms with van der Waals surface area (Å²) in [6.45, 7) is 1.88. The van der Waals surface area contributed by atoms with Crippen LogP contribution in [0.25, 0.3) is 6.08 Å². The van der Waals surface area contributed by atoms with E-state index in [1.807, 2.05) is 43.3 Å². The largest absolute Gasteiger partial charge is 0.497 e. The standard InChI is InChI=1S/C26H22N2O4S2/c1-17-3-7-19(8-4-17)27-24(29)16-32-22-11-5-18(6-12-22)15-23-25(30)28(26(33)34-23)20-9-13-21(31-2)14-10-20/h3-15H,16H2,1-2H3,(H,27,29)/b23-15-. The molecule has 4 rings (SSSR count). The van der Waals surface area contributed by atoms with Crippen LogP contribution in [-0.4, -0.2) is 29.9 Å². The molecule has 1 aliphatic rings. The number of thioether (sulfide) groups is 1. The molecule has 0 aliphatic carbocycles. The molecule has 3 aromatic rings. The van der Waals surface area contributed by atoms with Gasteiger partial charge in [-0.05, 0) is 67.1 Å². The third-order valence-corrected chi connectivity index (χ3v) is 6.31. The minimum absolute atomic E-state index is 0.103. The van der Waals surface area contributed by atoms with E-state index >= 15 is 0 Å². The summed E-state index contributed by atoms with van der Waals surface area (Å²) in [5.74, 6) is 0.852. The second-order valence-corrected chi connectivity index (χ2v) is 9.16. The van der Waals surface area contributed by atoms with Crippen LogP contribution in [0, 0.1) is 6.92 Å². The van der Waals surface area contributed by atoms with E-state index in [-0.39, 0.29) is 18.4 Å². The van der Waals surface area contributed by atoms with Crippen LogP contribution in [-0.2, 0) is 9.59 Å². The van der Waals surface area contributed by atoms with Crippen LogP contribution in [0.4, 0.5) is 11.4 Å². The average molecular weight is 491 g/mol. The zero-order chi connectivity index (χ0) is 24.1. The summed E-state index contributed by atoms with van der Waals surface area (Å²) in [5.41, 5.74) is 3.37. The summed E-state index contributed by atoms with van der Waals surface area (Å²) in [4.78, 5) is 27.1. The maximum atomic E-state index is 12.9. The van der Waals surface area contributed by atoms with Gasteiger partial charge >= 0.3 is 0 Å². The number of thiocarbonyl (C=S) groups is 1. The Kier molecular flexibility index (Phi) is 7.30. The number of nitrogens with one attached hydrogen (secondary N) is 1. The quantitative estimate of drug-likeness (QED) is 0.352. The smallest absolute Gasteiger partial charge is 0.270 e. The van der Waals surface area contributed by atoms with Crippen molar-refractivity contribution < 1.29 is 19.1 Å². The minimum Gasteiger partial charge on any atom is -0.497 e. The molecule has 8 heteroatoms. The molecule has 172 valence electrons. The van der Waals surface area contributed by atoms with Crippen molar-refractivity contribution in [3.8, 4) is 11.5 Å². The first-order chi connectivity index (χ1) is 16.4. The molecule has 1 N–H and O–H groups in total. The van der Waals surface area contributed by atoms with Crippen molar-refractivity contribution in [3.63, 3.8) is 0 Å². The fourth-order valence-electron chi connectivity index (χ4n) is 3.22. The van der Waals surface area contributed by atoms with Crippen LogP contribution in [0.3, 0.4) is 0 Å². The van der Waals surface area contributed by atoms with Gasteiger partial charge in [0.2, 0.25) is 0 Å². The van der Waals surface area contributed by atoms with Gasteiger partial charge in [-0.15, -0.1) is 0 Å². The Labute approximate surface area is 207 Å². The molecule has 1 fully saturated rings. The Morgan fingerprint density at radius 1 is 1.00 bits per heavy atom. The Hall–Kier alpha value is -3.62. The number of hydrogen-bond acceptors (Lipinski definition) is 6. The normalized spacial score (nSPS) is 14.4. The topological polar surface area (TPSA) is 67.9 Å². The van der Waals surface area contributed by atoms with Crippen LogP contribution in [0.2, 0.25) is 0 Å². The molecule has 0 spiro atoms. The monoisotopic (exact) mass is 490 g/mol. The molecular formula is C26H22N2O4S2. The molecule has 0 saturated carbocycles. The van der Waals surface area contributed by atoms with Gasteiger partial charge in [-0.3, -0.25) is 14.5 Å². The number of ether oxygens (including phenoxy) is 2. The average Bonchev–Trinajstić information content (AvgIpc) is 3.12. The van der Waals surface area contributed by atoms with E-state index in [2.05, 4.69) is 5.32 Å². The number of amides is 2. The molecular weight excluding hydrogens is 468 g/mol. The minimum atomic E-state index is -0.241. The lowest BCUT2D eigenvalue weighted by Crippen LogP contribution is -2.27. The molecule has 0 bridgehead atoms. The molecule has 2 amide bonds. The number of rotatable bonds is 7. The summed E-state index contributed by atoms with van der Waals surface area (Å²) in [7, 11) is 1.59. The van der Waals surface area contributed by atoms with Crippen molar-refractivity contribution in [1.29, 1.82) is 0 Å². The van der Waals surface area contributed by atoms with E-state index in [1.165, 1.54) is 16.7 Å². The lowest BCUT2D eigenvalue weighted by Gasteiger charge is -2.14. The zero-order valence-corrected chi connectivity index (χ0v) is 20.2. The fraction of sp³-hybridized carbons (Fsp3) is 0.115. The van der Waals surface area contributed by atoms with Gasteiger partial charge in [-0.2, -0.15) is 0 Å². The van der Waals surface area contributed by atoms with Gasteiger partial charge in [0.15, 0.2) is 10.9 Å². The molecule has 0 radical (unpaired) electrons. The van der Waals surface area contributed by atoms with Crippen LogP contribution >= 0.6 is 24.0 Å². The maximum absolute atomic E-state index is 12.9. The van der Waals surface area contributed by atoms with Crippen molar-refractivity contribution >= 4 is 57.6 Å². The molecule has 1 aliphatic heterocycles. The number of benzene rings is 3. The SMILES string of the molecule is COc1ccc(N2C(=O)/C(=C/c3ccc(OCC(=O)Nc4ccc(C)cc4)cc3)SC2=S)cc1. The van der Waals surface area contributed by atoms with Crippen LogP contribution < -0.4 is 19.7 Å². The predicted octanol–water partition coefficient (Wildman–Crippen LogP) is 5.43. The number of nitrogens with zero attached hydrogens (tertiary/aromatic N) is 1. The van der Waals surface area contributed by atoms with Crippen molar-refractivity contribution in [3.05, 3.63) is 88.8 Å². The zero-order valence-electron chi connectivity index (χ0n) is 18.6. The number of carbonyl (C=O) groups is 2. The second-order valence-electron chi connectivity index (χ2n) is 7.49. The third kappa shape index (κ3) is 5.65. The molecule has 34 heavy (non-hydrogen) atoms. The summed E-state index contributed by atoms with van der Waals surface area (Å²) in [6, 6.07) is 21.9. The van der Waals surface area contributed by atoms with E-state index < -0.39 is 0 Å². The fourth-order valence-corrected chi connectivity index (χ4v) is 4.52. The highest BCUT2D eigenvalue weighted by atomic mass is 32.2. The first-order valence-corrected chi connectivity index (χ1v) is 11.7. The van der Waals surface area contributed by atoms with Crippen molar-refractivity contribution in [1.82, 2.24) is 0 Å². The van der Waals surface area contributed by atoms with Crippen molar-refractivity contribution in [2.45, 2.75) is 6.92 Å². The first-order valence-electron chi connectivity index (χ1n) is 10.4. The number of methoxy groups -OCH3 is 1. The van der Waals surface area contributed by atoms with Gasteiger partial charge in [0.25, 0.3) is 11.8 Å². The summed E-state index contributed by atoms with van der Waals surface area (Å²) >= 11 is 6.68. The number of anilines is 2. The van der Waals surface area contributed by atoms with Gasteiger partial charge in [-0.25, -0.2) is 0 Å². The molecule has 1 saturated heterocycles. The second kappa shape index (κ2) is 10.5. The summed E-state index contributed by atoms with van der Waals surface area (Å²) in [6.07, 6.45) is 1.79. The summed E-state index contributed by atoms with van der Waals surface area (Å²) in [5, 5.41) is 2.79. The van der Waals surface area contributed by atoms with Crippen LogP contribution in [0.1, 0.15) is 11.1 Å². The van der Waals surface area contributed by atoms with Crippen LogP contribution in [0.5, 0.6) is 11.5 Å². The highest BCUT2D eigenvalue weighted by Crippen LogP contribution is 2.36. The molecule has 1 heterocycles. The Balaban J connectivity index is 1.36. The van der Waals surface area contributed by atoms with Crippen molar-refractivity contribution in [2.75, 3.05) is 23.9 Å².